The largest absolute Gasteiger partial charge is 0.616 e. The molecular weight excluding hydrogens is 658 g/mol. The summed E-state index contributed by atoms with van der Waals surface area (Å²) in [5.41, 5.74) is 11.4. The van der Waals surface area contributed by atoms with Crippen LogP contribution in [0.4, 0.5) is 0 Å². The van der Waals surface area contributed by atoms with Gasteiger partial charge in [-0.15, -0.1) is 0 Å². The fourth-order valence-corrected chi connectivity index (χ4v) is 7.79. The Kier molecular flexibility index (Phi) is 10.3. The van der Waals surface area contributed by atoms with Crippen molar-refractivity contribution in [3.63, 3.8) is 0 Å². The zero-order valence-electron chi connectivity index (χ0n) is 31.3. The molecule has 8 bridgehead atoms. The van der Waals surface area contributed by atoms with E-state index < -0.39 is 11.9 Å². The number of ether oxygens (including phenoxy) is 3. The number of rotatable bonds is 8. The molecule has 1 aromatic heterocycles. The first kappa shape index (κ1) is 36.4. The lowest BCUT2D eigenvalue weighted by Gasteiger charge is -2.19. The van der Waals surface area contributed by atoms with E-state index in [0.717, 1.165) is 57.2 Å². The highest BCUT2D eigenvalue weighted by Crippen LogP contribution is 2.41. The Morgan fingerprint density at radius 2 is 1.58 bits per heavy atom. The van der Waals surface area contributed by atoms with E-state index in [0.29, 0.717) is 35.5 Å². The van der Waals surface area contributed by atoms with Gasteiger partial charge in [0.2, 0.25) is 0 Å². The van der Waals surface area contributed by atoms with Crippen LogP contribution in [-0.2, 0) is 23.8 Å². The second-order valence-corrected chi connectivity index (χ2v) is 13.3. The van der Waals surface area contributed by atoms with Gasteiger partial charge < -0.3 is 19.3 Å². The monoisotopic (exact) mass is 704 g/mol. The SMILES string of the molecule is CCC1=C(C)C2=NC1=CC1=C(C)C(=C([O-])OC)C(=N1)C(C(=O)OC)=C1[NH2+]C(=CC3=NC(=C2[n+]2ccccc2)C(CC)=C3C)[C@@H](C)[C@@H]1CCC(=O)OC. The summed E-state index contributed by atoms with van der Waals surface area (Å²) < 4.78 is 17.8. The summed E-state index contributed by atoms with van der Waals surface area (Å²) in [7, 11) is 3.98. The van der Waals surface area contributed by atoms with Gasteiger partial charge in [0, 0.05) is 42.0 Å². The first-order valence-corrected chi connectivity index (χ1v) is 17.7. The number of methoxy groups -OCH3 is 3. The van der Waals surface area contributed by atoms with Gasteiger partial charge in [0.25, 0.3) is 5.70 Å². The van der Waals surface area contributed by atoms with E-state index in [1.807, 2.05) is 42.0 Å². The Labute approximate surface area is 304 Å². The standard InChI is InChI=1S/C41H45N5O6/c1-10-25-23(5)35-39(46-17-13-12-14-18-46)37-26(11-2)21(3)28(43-37)19-29-22(4)27(15-16-32(47)50-7)36(42-29)34(41(49)52-9)38-33(40(48)51-8)24(6)30(44-38)20-31(25)45-35/h12-14,17-20,22,27H,10-11,15-16H2,1-9H3,(H-,42,43,44,45,48,49)/p+1/t22-,27-/m0/s1. The predicted molar refractivity (Wildman–Crippen MR) is 196 cm³/mol. The van der Waals surface area contributed by atoms with E-state index in [9.17, 15) is 14.7 Å². The van der Waals surface area contributed by atoms with Crippen LogP contribution in [0.5, 0.6) is 0 Å². The summed E-state index contributed by atoms with van der Waals surface area (Å²) >= 11 is 0. The molecule has 52 heavy (non-hydrogen) atoms. The third-order valence-corrected chi connectivity index (χ3v) is 10.7. The van der Waals surface area contributed by atoms with Crippen LogP contribution in [0, 0.1) is 11.8 Å². The fraction of sp³-hybridized carbons (Fsp3) is 0.366. The molecule has 6 rings (SSSR count). The number of allylic oxidation sites excluding steroid dienone is 11. The Bertz CT molecular complexity index is 2120. The molecule has 0 saturated carbocycles. The number of carbonyl (C=O) groups excluding carboxylic acids is 2. The van der Waals surface area contributed by atoms with Crippen molar-refractivity contribution in [2.24, 2.45) is 26.8 Å². The number of carbonyl (C=O) groups is 2. The lowest BCUT2D eigenvalue weighted by Crippen LogP contribution is -2.78. The van der Waals surface area contributed by atoms with Gasteiger partial charge in [-0.2, -0.15) is 4.57 Å². The highest BCUT2D eigenvalue weighted by Gasteiger charge is 2.45. The maximum atomic E-state index is 13.9. The third-order valence-electron chi connectivity index (χ3n) is 10.7. The number of nitrogens with two attached hydrogens (primary N) is 1. The minimum Gasteiger partial charge on any atom is -0.616 e. The van der Waals surface area contributed by atoms with Crippen molar-refractivity contribution in [2.75, 3.05) is 21.3 Å². The Balaban J connectivity index is 1.75. The number of hydrogen-bond acceptors (Lipinski definition) is 9. The van der Waals surface area contributed by atoms with Gasteiger partial charge in [0.1, 0.15) is 28.4 Å². The molecule has 0 aliphatic carbocycles. The first-order chi connectivity index (χ1) is 25.0. The van der Waals surface area contributed by atoms with E-state index >= 15 is 0 Å². The molecule has 11 nitrogen and oxygen atoms in total. The summed E-state index contributed by atoms with van der Waals surface area (Å²) in [4.78, 5) is 42.0. The normalized spacial score (nSPS) is 22.4. The van der Waals surface area contributed by atoms with Crippen LogP contribution in [0.2, 0.25) is 0 Å². The average molecular weight is 705 g/mol. The molecule has 270 valence electrons. The van der Waals surface area contributed by atoms with Crippen molar-refractivity contribution in [3.8, 4) is 0 Å². The number of esters is 2. The van der Waals surface area contributed by atoms with Crippen LogP contribution >= 0.6 is 0 Å². The summed E-state index contributed by atoms with van der Waals surface area (Å²) in [6.45, 7) is 12.3. The minimum absolute atomic E-state index is 0.134. The summed E-state index contributed by atoms with van der Waals surface area (Å²) in [6, 6.07) is 5.97. The van der Waals surface area contributed by atoms with E-state index in [-0.39, 0.29) is 41.1 Å². The van der Waals surface area contributed by atoms with Gasteiger partial charge in [-0.3, -0.25) is 10.1 Å². The predicted octanol–water partition coefficient (Wildman–Crippen LogP) is 4.44. The number of pyridine rings is 1. The maximum absolute atomic E-state index is 13.9. The Hall–Kier alpha value is -5.42. The molecule has 1 aromatic rings. The van der Waals surface area contributed by atoms with Crippen molar-refractivity contribution in [1.82, 2.24) is 0 Å². The summed E-state index contributed by atoms with van der Waals surface area (Å²) in [6.07, 6.45) is 9.97. The zero-order chi connectivity index (χ0) is 37.4. The van der Waals surface area contributed by atoms with Crippen molar-refractivity contribution in [1.29, 1.82) is 0 Å². The Morgan fingerprint density at radius 3 is 2.21 bits per heavy atom. The number of hydrogen-bond donors (Lipinski definition) is 1. The molecule has 1 fully saturated rings. The van der Waals surface area contributed by atoms with Crippen LogP contribution in [0.1, 0.15) is 67.2 Å². The first-order valence-electron chi connectivity index (χ1n) is 17.7. The van der Waals surface area contributed by atoms with E-state index in [1.165, 1.54) is 21.3 Å². The lowest BCUT2D eigenvalue weighted by atomic mass is 9.85. The van der Waals surface area contributed by atoms with E-state index in [4.69, 9.17) is 29.2 Å². The van der Waals surface area contributed by atoms with Crippen LogP contribution in [0.15, 0.2) is 131 Å². The number of fused-ring (bicyclic) bond motifs is 5. The number of aliphatic imine (C=N–C) groups is 3. The topological polar surface area (TPSA) is 142 Å². The Morgan fingerprint density at radius 1 is 0.865 bits per heavy atom. The number of aromatic nitrogens is 1. The third kappa shape index (κ3) is 6.12. The second-order valence-electron chi connectivity index (χ2n) is 13.3. The molecule has 6 heterocycles. The maximum Gasteiger partial charge on any atom is 0.345 e. The van der Waals surface area contributed by atoms with Gasteiger partial charge in [-0.05, 0) is 81.1 Å². The molecule has 0 unspecified atom stereocenters. The van der Waals surface area contributed by atoms with Crippen LogP contribution < -0.4 is 15.0 Å². The molecular formula is C41H46N5O6+. The average Bonchev–Trinajstić information content (AvgIpc) is 3.84. The van der Waals surface area contributed by atoms with E-state index in [2.05, 4.69) is 45.3 Å². The molecule has 0 amide bonds. The quantitative estimate of drug-likeness (QED) is 0.241. The molecule has 2 N–H and O–H groups in total. The van der Waals surface area contributed by atoms with Crippen molar-refractivity contribution >= 4 is 34.8 Å². The number of quaternary nitrogens is 1. The number of nitrogens with zero attached hydrogens (tertiary/aromatic N) is 4. The van der Waals surface area contributed by atoms with Crippen molar-refractivity contribution in [2.45, 2.75) is 67.2 Å². The minimum atomic E-state index is -0.644. The van der Waals surface area contributed by atoms with Gasteiger partial charge in [0.15, 0.2) is 12.4 Å². The smallest absolute Gasteiger partial charge is 0.345 e. The molecule has 0 radical (unpaired) electrons. The van der Waals surface area contributed by atoms with E-state index in [1.54, 1.807) is 6.92 Å². The molecule has 5 aliphatic rings. The highest BCUT2D eigenvalue weighted by atomic mass is 16.6. The zero-order valence-corrected chi connectivity index (χ0v) is 31.3. The summed E-state index contributed by atoms with van der Waals surface area (Å²) in [5.74, 6) is -2.06. The molecule has 5 aliphatic heterocycles. The molecule has 1 saturated heterocycles. The lowest BCUT2D eigenvalue weighted by molar-refractivity contribution is -0.576. The van der Waals surface area contributed by atoms with Gasteiger partial charge in [-0.1, -0.05) is 26.8 Å². The van der Waals surface area contributed by atoms with Crippen LogP contribution in [0.25, 0.3) is 5.70 Å². The fourth-order valence-electron chi connectivity index (χ4n) is 7.79. The summed E-state index contributed by atoms with van der Waals surface area (Å²) in [5, 5.41) is 15.5. The highest BCUT2D eigenvalue weighted by molar-refractivity contribution is 6.31. The second kappa shape index (κ2) is 14.7. The van der Waals surface area contributed by atoms with Crippen molar-refractivity contribution in [3.05, 3.63) is 116 Å². The van der Waals surface area contributed by atoms with Gasteiger partial charge >= 0.3 is 11.9 Å². The molecule has 0 spiro atoms. The molecule has 2 atom stereocenters. The van der Waals surface area contributed by atoms with Crippen molar-refractivity contribution < 1.29 is 38.8 Å². The van der Waals surface area contributed by atoms with Crippen LogP contribution in [0.3, 0.4) is 0 Å². The molecule has 0 aromatic carbocycles. The van der Waals surface area contributed by atoms with Gasteiger partial charge in [0.05, 0.1) is 43.0 Å². The van der Waals surface area contributed by atoms with Crippen LogP contribution in [-0.4, -0.2) is 50.4 Å². The molecule has 11 heteroatoms. The van der Waals surface area contributed by atoms with Gasteiger partial charge in [-0.25, -0.2) is 19.8 Å².